The van der Waals surface area contributed by atoms with Crippen molar-refractivity contribution >= 4 is 21.9 Å². The highest BCUT2D eigenvalue weighted by Crippen LogP contribution is 2.63. The lowest BCUT2D eigenvalue weighted by Gasteiger charge is -2.30. The Morgan fingerprint density at radius 1 is 0.243 bits per heavy atom. The molecule has 0 fully saturated rings. The average molecular weight is 942 g/mol. The predicted octanol–water partition coefficient (Wildman–Crippen LogP) is 17.8. The summed E-state index contributed by atoms with van der Waals surface area (Å²) >= 11 is 0. The molecule has 1 spiro atoms. The molecule has 4 nitrogen and oxygen atoms in total. The molecule has 2 aliphatic carbocycles. The highest BCUT2D eigenvalue weighted by atomic mass is 16.3. The Bertz CT molecular complexity index is 4320. The first-order valence-electron chi connectivity index (χ1n) is 25.2. The maximum Gasteiger partial charge on any atom is 0.164 e. The highest BCUT2D eigenvalue weighted by molar-refractivity contribution is 6.13. The summed E-state index contributed by atoms with van der Waals surface area (Å²) in [5, 5.41) is 1.96. The van der Waals surface area contributed by atoms with Crippen molar-refractivity contribution in [3.63, 3.8) is 0 Å². The SMILES string of the molecule is c1ccc(-c2ccc(-c3nc(-c4cccc(-c5ccccc5)c4)nc(-c4cccc5oc6ccc(-c7cccc(-c8ccc9c(c8)-c8ccccc8C98c9ccccc9-c9ccccc98)c7)cc6c45)n3)cc2)cc1. The molecule has 0 saturated heterocycles. The largest absolute Gasteiger partial charge is 0.456 e. The van der Waals surface area contributed by atoms with E-state index in [0.717, 1.165) is 77.6 Å². The lowest BCUT2D eigenvalue weighted by Crippen LogP contribution is -2.25. The summed E-state index contributed by atoms with van der Waals surface area (Å²) in [4.78, 5) is 15.7. The first kappa shape index (κ1) is 42.0. The van der Waals surface area contributed by atoms with Gasteiger partial charge in [0.15, 0.2) is 17.5 Å². The van der Waals surface area contributed by atoms with Gasteiger partial charge in [-0.25, -0.2) is 15.0 Å². The van der Waals surface area contributed by atoms with Crippen molar-refractivity contribution in [2.75, 3.05) is 0 Å². The van der Waals surface area contributed by atoms with E-state index in [-0.39, 0.29) is 5.41 Å². The smallest absolute Gasteiger partial charge is 0.164 e. The lowest BCUT2D eigenvalue weighted by molar-refractivity contribution is 0.669. The van der Waals surface area contributed by atoms with Gasteiger partial charge >= 0.3 is 0 Å². The molecule has 2 heterocycles. The molecular weight excluding hydrogens is 899 g/mol. The van der Waals surface area contributed by atoms with Gasteiger partial charge in [-0.2, -0.15) is 0 Å². The molecule has 13 aromatic rings. The molecule has 0 atom stereocenters. The fourth-order valence-electron chi connectivity index (χ4n) is 12.0. The van der Waals surface area contributed by atoms with E-state index in [9.17, 15) is 0 Å². The Balaban J connectivity index is 0.841. The number of furan rings is 1. The van der Waals surface area contributed by atoms with Gasteiger partial charge in [-0.3, -0.25) is 0 Å². The maximum absolute atomic E-state index is 6.63. The second kappa shape index (κ2) is 16.7. The van der Waals surface area contributed by atoms with Gasteiger partial charge in [0.25, 0.3) is 0 Å². The molecule has 344 valence electrons. The minimum Gasteiger partial charge on any atom is -0.456 e. The van der Waals surface area contributed by atoms with Crippen LogP contribution in [0.3, 0.4) is 0 Å². The van der Waals surface area contributed by atoms with Crippen molar-refractivity contribution in [3.8, 4) is 101 Å². The summed E-state index contributed by atoms with van der Waals surface area (Å²) in [6.45, 7) is 0. The molecular formula is C70H43N3O. The van der Waals surface area contributed by atoms with E-state index in [2.05, 4.69) is 237 Å². The number of benzene rings is 11. The minimum absolute atomic E-state index is 0.368. The van der Waals surface area contributed by atoms with E-state index >= 15 is 0 Å². The predicted molar refractivity (Wildman–Crippen MR) is 301 cm³/mol. The van der Waals surface area contributed by atoms with E-state index < -0.39 is 0 Å². The van der Waals surface area contributed by atoms with Crippen molar-refractivity contribution in [1.29, 1.82) is 0 Å². The molecule has 0 radical (unpaired) electrons. The van der Waals surface area contributed by atoms with Gasteiger partial charge < -0.3 is 4.42 Å². The summed E-state index contributed by atoms with van der Waals surface area (Å²) in [6.07, 6.45) is 0. The minimum atomic E-state index is -0.368. The number of fused-ring (bicyclic) bond motifs is 13. The van der Waals surface area contributed by atoms with Crippen LogP contribution in [0, 0.1) is 0 Å². The number of aromatic nitrogens is 3. The van der Waals surface area contributed by atoms with Crippen LogP contribution in [0.15, 0.2) is 265 Å². The zero-order valence-electron chi connectivity index (χ0n) is 40.1. The number of nitrogens with zero attached hydrogens (tertiary/aromatic N) is 3. The summed E-state index contributed by atoms with van der Waals surface area (Å²) in [6, 6.07) is 93.5. The molecule has 0 unspecified atom stereocenters. The number of hydrogen-bond donors (Lipinski definition) is 0. The normalized spacial score (nSPS) is 12.7. The third-order valence-electron chi connectivity index (χ3n) is 15.4. The topological polar surface area (TPSA) is 51.8 Å². The van der Waals surface area contributed by atoms with Gasteiger partial charge in [0.1, 0.15) is 11.2 Å². The Labute approximate surface area is 428 Å². The molecule has 15 rings (SSSR count). The van der Waals surface area contributed by atoms with Crippen LogP contribution in [0.1, 0.15) is 22.3 Å². The van der Waals surface area contributed by atoms with E-state index in [0.29, 0.717) is 17.5 Å². The van der Waals surface area contributed by atoms with Crippen LogP contribution >= 0.6 is 0 Å². The molecule has 0 aliphatic heterocycles. The summed E-state index contributed by atoms with van der Waals surface area (Å²) in [5.41, 5.74) is 23.5. The Kier molecular flexibility index (Phi) is 9.45. The summed E-state index contributed by atoms with van der Waals surface area (Å²) in [7, 11) is 0. The van der Waals surface area contributed by atoms with Gasteiger partial charge in [0, 0.05) is 27.5 Å². The highest BCUT2D eigenvalue weighted by Gasteiger charge is 2.51. The molecule has 0 saturated carbocycles. The van der Waals surface area contributed by atoms with Crippen molar-refractivity contribution < 1.29 is 4.42 Å². The van der Waals surface area contributed by atoms with Crippen LogP contribution < -0.4 is 0 Å². The standard InChI is InChI=1S/C70H43N3O/c1-3-16-44(17-4-1)46-32-34-47(35-33-46)67-71-68(53-23-14-20-48(41-53)45-18-5-2-6-19-45)73-69(72-67)57-27-15-31-65-66(57)59-43-52(37-39-64(59)74-65)50-22-13-21-49(40-50)51-36-38-63-58(42-51)56-26-9-12-30-62(56)70(63)60-28-10-7-24-54(60)55-25-8-11-29-61(55)70/h1-43H. The summed E-state index contributed by atoms with van der Waals surface area (Å²) < 4.78 is 6.63. The van der Waals surface area contributed by atoms with Gasteiger partial charge in [-0.1, -0.05) is 224 Å². The van der Waals surface area contributed by atoms with Gasteiger partial charge in [0.05, 0.1) is 5.41 Å². The maximum atomic E-state index is 6.63. The number of hydrogen-bond acceptors (Lipinski definition) is 4. The first-order chi connectivity index (χ1) is 36.7. The van der Waals surface area contributed by atoms with Crippen LogP contribution in [0.25, 0.3) is 123 Å². The van der Waals surface area contributed by atoms with E-state index in [1.54, 1.807) is 0 Å². The molecule has 2 aliphatic rings. The van der Waals surface area contributed by atoms with Crippen LogP contribution in [0.4, 0.5) is 0 Å². The summed E-state index contributed by atoms with van der Waals surface area (Å²) in [5.74, 6) is 1.77. The van der Waals surface area contributed by atoms with E-state index in [4.69, 9.17) is 19.4 Å². The fraction of sp³-hybridized carbons (Fsp3) is 0.0143. The Morgan fingerprint density at radius 3 is 1.31 bits per heavy atom. The molecule has 4 heteroatoms. The van der Waals surface area contributed by atoms with Gasteiger partial charge in [-0.05, 0) is 125 Å². The zero-order chi connectivity index (χ0) is 48.7. The molecule has 2 aromatic heterocycles. The van der Waals surface area contributed by atoms with Gasteiger partial charge in [-0.15, -0.1) is 0 Å². The van der Waals surface area contributed by atoms with Crippen molar-refractivity contribution in [2.45, 2.75) is 5.41 Å². The van der Waals surface area contributed by atoms with Crippen molar-refractivity contribution in [3.05, 3.63) is 283 Å². The van der Waals surface area contributed by atoms with Crippen molar-refractivity contribution in [2.24, 2.45) is 0 Å². The lowest BCUT2D eigenvalue weighted by atomic mass is 9.70. The third kappa shape index (κ3) is 6.52. The molecule has 11 aromatic carbocycles. The fourth-order valence-corrected chi connectivity index (χ4v) is 12.0. The second-order valence-corrected chi connectivity index (χ2v) is 19.4. The van der Waals surface area contributed by atoms with Crippen molar-refractivity contribution in [1.82, 2.24) is 15.0 Å². The van der Waals surface area contributed by atoms with Crippen LogP contribution in [0.5, 0.6) is 0 Å². The first-order valence-corrected chi connectivity index (χ1v) is 25.2. The van der Waals surface area contributed by atoms with Crippen LogP contribution in [-0.2, 0) is 5.41 Å². The Hall–Kier alpha value is -9.77. The van der Waals surface area contributed by atoms with E-state index in [1.807, 2.05) is 24.3 Å². The molecule has 0 N–H and O–H groups in total. The van der Waals surface area contributed by atoms with E-state index in [1.165, 1.54) is 50.1 Å². The second-order valence-electron chi connectivity index (χ2n) is 19.4. The number of rotatable bonds is 7. The van der Waals surface area contributed by atoms with Gasteiger partial charge in [0.2, 0.25) is 0 Å². The molecule has 74 heavy (non-hydrogen) atoms. The average Bonchev–Trinajstić information content (AvgIpc) is 4.11. The molecule has 0 amide bonds. The quantitative estimate of drug-likeness (QED) is 0.160. The van der Waals surface area contributed by atoms with Crippen LogP contribution in [-0.4, -0.2) is 15.0 Å². The Morgan fingerprint density at radius 2 is 0.649 bits per heavy atom. The third-order valence-corrected chi connectivity index (χ3v) is 15.4. The zero-order valence-corrected chi connectivity index (χ0v) is 40.1. The van der Waals surface area contributed by atoms with Crippen LogP contribution in [0.2, 0.25) is 0 Å². The monoisotopic (exact) mass is 941 g/mol. The molecule has 0 bridgehead atoms.